The highest BCUT2D eigenvalue weighted by molar-refractivity contribution is 5.95. The van der Waals surface area contributed by atoms with Crippen molar-refractivity contribution in [3.05, 3.63) is 91.0 Å². The van der Waals surface area contributed by atoms with E-state index in [1.165, 1.54) is 0 Å². The van der Waals surface area contributed by atoms with Crippen molar-refractivity contribution in [2.45, 2.75) is 0 Å². The highest BCUT2D eigenvalue weighted by Crippen LogP contribution is 2.36. The summed E-state index contributed by atoms with van der Waals surface area (Å²) in [6, 6.07) is 28.0. The molecule has 0 saturated carbocycles. The minimum Gasteiger partial charge on any atom is -0.338 e. The lowest BCUT2D eigenvalue weighted by molar-refractivity contribution is -0.136. The van der Waals surface area contributed by atoms with Crippen LogP contribution in [-0.2, 0) is 0 Å². The molecule has 28 heavy (non-hydrogen) atoms. The lowest BCUT2D eigenvalue weighted by Gasteiger charge is -2.05. The summed E-state index contributed by atoms with van der Waals surface area (Å²) in [5, 5.41) is 27.9. The molecule has 0 bridgehead atoms. The number of fused-ring (bicyclic) bond motifs is 1. The normalized spacial score (nSPS) is 11.5. The molecule has 4 aromatic carbocycles. The van der Waals surface area contributed by atoms with Gasteiger partial charge >= 0.3 is 0 Å². The fourth-order valence-electron chi connectivity index (χ4n) is 2.72. The Balaban J connectivity index is 1.57. The standard InChI is InChI=1S/C22H16N4O2/c27-28-21-15-10-16-6-4-5-9-20(16)22(21)26-25-19-13-11-18(12-14-19)24-23-17-7-2-1-3-8-17/h1-15,27H/b24-23+,26-25+. The quantitative estimate of drug-likeness (QED) is 0.224. The second-order valence-corrected chi connectivity index (χ2v) is 5.98. The number of hydrogen-bond donors (Lipinski definition) is 1. The van der Waals surface area contributed by atoms with Gasteiger partial charge in [0, 0.05) is 5.39 Å². The minimum atomic E-state index is 0.246. The molecule has 0 fully saturated rings. The molecule has 0 amide bonds. The molecule has 4 aromatic rings. The highest BCUT2D eigenvalue weighted by atomic mass is 17.1. The molecular weight excluding hydrogens is 352 g/mol. The molecule has 0 aliphatic rings. The van der Waals surface area contributed by atoms with Crippen molar-refractivity contribution in [3.8, 4) is 5.75 Å². The van der Waals surface area contributed by atoms with Crippen molar-refractivity contribution in [1.82, 2.24) is 0 Å². The fourth-order valence-corrected chi connectivity index (χ4v) is 2.72. The lowest BCUT2D eigenvalue weighted by atomic mass is 10.1. The lowest BCUT2D eigenvalue weighted by Crippen LogP contribution is -1.85. The van der Waals surface area contributed by atoms with Gasteiger partial charge < -0.3 is 4.89 Å². The van der Waals surface area contributed by atoms with Gasteiger partial charge in [0.2, 0.25) is 0 Å². The number of nitrogens with zero attached hydrogens (tertiary/aromatic N) is 4. The van der Waals surface area contributed by atoms with Gasteiger partial charge in [0.05, 0.1) is 17.1 Å². The van der Waals surface area contributed by atoms with E-state index in [4.69, 9.17) is 5.26 Å². The molecule has 4 rings (SSSR count). The van der Waals surface area contributed by atoms with E-state index in [2.05, 4.69) is 25.3 Å². The summed E-state index contributed by atoms with van der Waals surface area (Å²) < 4.78 is 0. The summed E-state index contributed by atoms with van der Waals surface area (Å²) in [7, 11) is 0. The second-order valence-electron chi connectivity index (χ2n) is 5.98. The van der Waals surface area contributed by atoms with E-state index in [9.17, 15) is 0 Å². The van der Waals surface area contributed by atoms with Gasteiger partial charge in [0.15, 0.2) is 5.75 Å². The number of azo groups is 2. The number of rotatable bonds is 5. The fraction of sp³-hybridized carbons (Fsp3) is 0. The molecule has 0 aliphatic heterocycles. The summed E-state index contributed by atoms with van der Waals surface area (Å²) in [4.78, 5) is 4.45. The van der Waals surface area contributed by atoms with Crippen molar-refractivity contribution in [1.29, 1.82) is 0 Å². The minimum absolute atomic E-state index is 0.246. The van der Waals surface area contributed by atoms with Gasteiger partial charge in [0.1, 0.15) is 5.69 Å². The third-order valence-corrected chi connectivity index (χ3v) is 4.11. The zero-order valence-corrected chi connectivity index (χ0v) is 14.8. The van der Waals surface area contributed by atoms with Gasteiger partial charge in [-0.25, -0.2) is 5.26 Å². The van der Waals surface area contributed by atoms with Gasteiger partial charge in [-0.3, -0.25) is 0 Å². The molecule has 1 N–H and O–H groups in total. The molecule has 0 aliphatic carbocycles. The summed E-state index contributed by atoms with van der Waals surface area (Å²) in [6.07, 6.45) is 0. The van der Waals surface area contributed by atoms with E-state index < -0.39 is 0 Å². The highest BCUT2D eigenvalue weighted by Gasteiger charge is 2.08. The number of hydrogen-bond acceptors (Lipinski definition) is 6. The van der Waals surface area contributed by atoms with Gasteiger partial charge in [-0.1, -0.05) is 48.5 Å². The first-order valence-electron chi connectivity index (χ1n) is 8.65. The molecule has 0 saturated heterocycles. The van der Waals surface area contributed by atoms with Crippen LogP contribution in [0.1, 0.15) is 0 Å². The molecule has 0 radical (unpaired) electrons. The van der Waals surface area contributed by atoms with E-state index in [0.29, 0.717) is 17.1 Å². The maximum Gasteiger partial charge on any atom is 0.193 e. The van der Waals surface area contributed by atoms with Crippen LogP contribution >= 0.6 is 0 Å². The van der Waals surface area contributed by atoms with Crippen molar-refractivity contribution in [2.24, 2.45) is 20.5 Å². The summed E-state index contributed by atoms with van der Waals surface area (Å²) in [5.41, 5.74) is 2.62. The van der Waals surface area contributed by atoms with Gasteiger partial charge in [0.25, 0.3) is 0 Å². The summed E-state index contributed by atoms with van der Waals surface area (Å²) in [6.45, 7) is 0. The van der Waals surface area contributed by atoms with Crippen LogP contribution in [0, 0.1) is 0 Å². The van der Waals surface area contributed by atoms with Crippen molar-refractivity contribution < 1.29 is 10.1 Å². The Bertz CT molecular complexity index is 1140. The average molecular weight is 368 g/mol. The second kappa shape index (κ2) is 8.20. The molecule has 0 aromatic heterocycles. The van der Waals surface area contributed by atoms with Crippen LogP contribution in [0.4, 0.5) is 22.7 Å². The molecule has 0 atom stereocenters. The zero-order valence-electron chi connectivity index (χ0n) is 14.8. The maximum atomic E-state index is 9.14. The van der Waals surface area contributed by atoms with Crippen molar-refractivity contribution in [2.75, 3.05) is 0 Å². The Morgan fingerprint density at radius 3 is 1.79 bits per heavy atom. The molecular formula is C22H16N4O2. The number of benzene rings is 4. The molecule has 136 valence electrons. The molecule has 6 nitrogen and oxygen atoms in total. The van der Waals surface area contributed by atoms with E-state index in [1.807, 2.05) is 72.8 Å². The third kappa shape index (κ3) is 3.92. The van der Waals surface area contributed by atoms with Crippen molar-refractivity contribution in [3.63, 3.8) is 0 Å². The third-order valence-electron chi connectivity index (χ3n) is 4.11. The molecule has 0 spiro atoms. The Hall–Kier alpha value is -3.90. The van der Waals surface area contributed by atoms with E-state index in [-0.39, 0.29) is 5.75 Å². The first kappa shape index (κ1) is 17.5. The van der Waals surface area contributed by atoms with Gasteiger partial charge in [-0.15, -0.1) is 5.11 Å². The Labute approximate surface area is 161 Å². The summed E-state index contributed by atoms with van der Waals surface area (Å²) >= 11 is 0. The molecule has 0 unspecified atom stereocenters. The van der Waals surface area contributed by atoms with Crippen molar-refractivity contribution >= 4 is 33.5 Å². The Morgan fingerprint density at radius 1 is 0.536 bits per heavy atom. The predicted octanol–water partition coefficient (Wildman–Crippen LogP) is 7.52. The Morgan fingerprint density at radius 2 is 1.11 bits per heavy atom. The largest absolute Gasteiger partial charge is 0.338 e. The summed E-state index contributed by atoms with van der Waals surface area (Å²) in [5.74, 6) is 0.246. The average Bonchev–Trinajstić information content (AvgIpc) is 2.77. The van der Waals surface area contributed by atoms with Gasteiger partial charge in [-0.2, -0.15) is 15.3 Å². The van der Waals surface area contributed by atoms with E-state index in [0.717, 1.165) is 16.5 Å². The van der Waals surface area contributed by atoms with Crippen LogP contribution in [-0.4, -0.2) is 5.26 Å². The van der Waals surface area contributed by atoms with Crippen LogP contribution < -0.4 is 4.89 Å². The molecule has 0 heterocycles. The molecule has 6 heteroatoms. The van der Waals surface area contributed by atoms with Crippen LogP contribution in [0.5, 0.6) is 5.75 Å². The van der Waals surface area contributed by atoms with Gasteiger partial charge in [-0.05, 0) is 47.9 Å². The first-order valence-corrected chi connectivity index (χ1v) is 8.65. The topological polar surface area (TPSA) is 78.9 Å². The van der Waals surface area contributed by atoms with Crippen LogP contribution in [0.15, 0.2) is 111 Å². The van der Waals surface area contributed by atoms with Crippen LogP contribution in [0.2, 0.25) is 0 Å². The van der Waals surface area contributed by atoms with Crippen LogP contribution in [0.3, 0.4) is 0 Å². The Kier molecular flexibility index (Phi) is 5.13. The maximum absolute atomic E-state index is 9.14. The smallest absolute Gasteiger partial charge is 0.193 e. The SMILES string of the molecule is OOc1ccc2ccccc2c1/N=N/c1ccc(/N=N/c2ccccc2)cc1. The predicted molar refractivity (Wildman–Crippen MR) is 108 cm³/mol. The van der Waals surface area contributed by atoms with E-state index >= 15 is 0 Å². The first-order chi connectivity index (χ1) is 13.8. The van der Waals surface area contributed by atoms with Crippen LogP contribution in [0.25, 0.3) is 10.8 Å². The zero-order chi connectivity index (χ0) is 19.2. The van der Waals surface area contributed by atoms with E-state index in [1.54, 1.807) is 18.2 Å². The monoisotopic (exact) mass is 368 g/mol.